The van der Waals surface area contributed by atoms with Crippen LogP contribution in [0.5, 0.6) is 0 Å². The van der Waals surface area contributed by atoms with Crippen molar-refractivity contribution < 1.29 is 9.59 Å². The zero-order chi connectivity index (χ0) is 10.1. The largest absolute Gasteiger partial charge is 0.366 e. The monoisotopic (exact) mass is 188 g/mol. The van der Waals surface area contributed by atoms with E-state index in [9.17, 15) is 9.59 Å². The molecular weight excluding hydrogens is 178 g/mol. The Balaban J connectivity index is 2.63. The van der Waals surface area contributed by atoms with Gasteiger partial charge in [0.05, 0.1) is 5.56 Å². The van der Waals surface area contributed by atoms with Crippen molar-refractivity contribution in [1.82, 2.24) is 0 Å². The van der Waals surface area contributed by atoms with Crippen LogP contribution in [0.25, 0.3) is 0 Å². The molecule has 2 rings (SSSR count). The van der Waals surface area contributed by atoms with E-state index in [1.807, 2.05) is 6.07 Å². The van der Waals surface area contributed by atoms with Gasteiger partial charge in [-0.1, -0.05) is 12.1 Å². The predicted molar refractivity (Wildman–Crippen MR) is 51.1 cm³/mol. The number of amides is 1. The van der Waals surface area contributed by atoms with E-state index < -0.39 is 5.91 Å². The number of Topliss-reactive ketones (excluding diaryl/α,β-unsaturated/α-hetero) is 1. The summed E-state index contributed by atoms with van der Waals surface area (Å²) in [6.07, 6.45) is 2.20. The van der Waals surface area contributed by atoms with Crippen LogP contribution >= 0.6 is 0 Å². The van der Waals surface area contributed by atoms with E-state index >= 15 is 0 Å². The highest BCUT2D eigenvalue weighted by atomic mass is 16.1. The van der Waals surface area contributed by atoms with Crippen LogP contribution in [0, 0.1) is 6.07 Å². The number of nitrogens with two attached hydrogens (primary N) is 1. The second-order valence-electron chi connectivity index (χ2n) is 3.39. The zero-order valence-electron chi connectivity index (χ0n) is 7.67. The molecule has 0 atom stereocenters. The molecule has 1 aromatic carbocycles. The number of primary amides is 1. The van der Waals surface area contributed by atoms with Crippen molar-refractivity contribution in [3.8, 4) is 0 Å². The molecule has 0 heterocycles. The Bertz CT molecular complexity index is 410. The highest BCUT2D eigenvalue weighted by Crippen LogP contribution is 2.23. The highest BCUT2D eigenvalue weighted by molar-refractivity contribution is 6.08. The molecule has 0 aromatic heterocycles. The lowest BCUT2D eigenvalue weighted by molar-refractivity contribution is 0.0949. The predicted octanol–water partition coefficient (Wildman–Crippen LogP) is 1.10. The second kappa shape index (κ2) is 3.25. The van der Waals surface area contributed by atoms with Gasteiger partial charge in [-0.05, 0) is 24.5 Å². The highest BCUT2D eigenvalue weighted by Gasteiger charge is 2.22. The maximum Gasteiger partial charge on any atom is 0.250 e. The van der Waals surface area contributed by atoms with Gasteiger partial charge in [-0.3, -0.25) is 9.59 Å². The van der Waals surface area contributed by atoms with Crippen molar-refractivity contribution >= 4 is 11.7 Å². The number of ketones is 1. The number of rotatable bonds is 1. The first-order chi connectivity index (χ1) is 6.70. The molecule has 3 nitrogen and oxygen atoms in total. The lowest BCUT2D eigenvalue weighted by Gasteiger charge is -2.16. The quantitative estimate of drug-likeness (QED) is 0.717. The fraction of sp³-hybridized carbons (Fsp3) is 0.273. The van der Waals surface area contributed by atoms with E-state index in [2.05, 4.69) is 6.07 Å². The summed E-state index contributed by atoms with van der Waals surface area (Å²) in [5.74, 6) is -0.561. The number of aryl methyl sites for hydroxylation is 1. The molecule has 3 heteroatoms. The molecule has 0 bridgehead atoms. The lowest BCUT2D eigenvalue weighted by atomic mass is 9.87. The molecule has 0 saturated heterocycles. The maximum absolute atomic E-state index is 11.6. The van der Waals surface area contributed by atoms with Crippen molar-refractivity contribution in [2.24, 2.45) is 5.73 Å². The van der Waals surface area contributed by atoms with Gasteiger partial charge in [-0.25, -0.2) is 0 Å². The second-order valence-corrected chi connectivity index (χ2v) is 3.39. The summed E-state index contributed by atoms with van der Waals surface area (Å²) < 4.78 is 0. The van der Waals surface area contributed by atoms with Crippen molar-refractivity contribution in [2.45, 2.75) is 19.3 Å². The molecule has 0 aliphatic heterocycles. The third-order valence-electron chi connectivity index (χ3n) is 2.46. The summed E-state index contributed by atoms with van der Waals surface area (Å²) in [6, 6.07) is 6.21. The standard InChI is InChI=1S/C11H10NO2/c12-11(14)8-5-1-3-7-4-2-6-9(13)10(7)8/h1,3H,2,4,6H2,(H2,12,14). The smallest absolute Gasteiger partial charge is 0.250 e. The van der Waals surface area contributed by atoms with Crippen LogP contribution in [-0.2, 0) is 6.42 Å². The first-order valence-corrected chi connectivity index (χ1v) is 4.56. The Kier molecular flexibility index (Phi) is 2.08. The molecule has 0 spiro atoms. The topological polar surface area (TPSA) is 60.2 Å². The Morgan fingerprint density at radius 1 is 1.43 bits per heavy atom. The van der Waals surface area contributed by atoms with Gasteiger partial charge in [0.2, 0.25) is 5.91 Å². The van der Waals surface area contributed by atoms with E-state index in [4.69, 9.17) is 5.73 Å². The minimum absolute atomic E-state index is 0.0110. The Morgan fingerprint density at radius 3 is 2.93 bits per heavy atom. The Labute approximate surface area is 81.9 Å². The van der Waals surface area contributed by atoms with Crippen molar-refractivity contribution in [3.05, 3.63) is 34.9 Å². The molecule has 0 unspecified atom stereocenters. The summed E-state index contributed by atoms with van der Waals surface area (Å²) in [7, 11) is 0. The van der Waals surface area contributed by atoms with E-state index in [0.717, 1.165) is 18.4 Å². The summed E-state index contributed by atoms with van der Waals surface area (Å²) in [4.78, 5) is 22.6. The molecule has 0 fully saturated rings. The van der Waals surface area contributed by atoms with Gasteiger partial charge < -0.3 is 5.73 Å². The van der Waals surface area contributed by atoms with Gasteiger partial charge >= 0.3 is 0 Å². The first kappa shape index (κ1) is 8.94. The maximum atomic E-state index is 11.6. The van der Waals surface area contributed by atoms with Crippen molar-refractivity contribution in [3.63, 3.8) is 0 Å². The van der Waals surface area contributed by atoms with E-state index in [0.29, 0.717) is 12.0 Å². The zero-order valence-corrected chi connectivity index (χ0v) is 7.67. The van der Waals surface area contributed by atoms with Crippen LogP contribution in [0.1, 0.15) is 39.1 Å². The van der Waals surface area contributed by atoms with Gasteiger partial charge in [0.15, 0.2) is 5.78 Å². The third kappa shape index (κ3) is 1.31. The number of carbonyl (C=O) groups excluding carboxylic acids is 2. The number of fused-ring (bicyclic) bond motifs is 1. The summed E-state index contributed by atoms with van der Waals surface area (Å²) in [5, 5.41) is 0. The Morgan fingerprint density at radius 2 is 2.21 bits per heavy atom. The molecule has 1 aromatic rings. The summed E-state index contributed by atoms with van der Waals surface area (Å²) in [6.45, 7) is 0. The number of benzene rings is 1. The van der Waals surface area contributed by atoms with E-state index in [1.165, 1.54) is 0 Å². The van der Waals surface area contributed by atoms with Gasteiger partial charge in [-0.2, -0.15) is 0 Å². The molecule has 1 aliphatic rings. The normalized spacial score (nSPS) is 15.0. The molecule has 1 aliphatic carbocycles. The van der Waals surface area contributed by atoms with Gasteiger partial charge in [-0.15, -0.1) is 0 Å². The van der Waals surface area contributed by atoms with Crippen molar-refractivity contribution in [1.29, 1.82) is 0 Å². The molecule has 2 N–H and O–H groups in total. The molecule has 71 valence electrons. The van der Waals surface area contributed by atoms with Gasteiger partial charge in [0.1, 0.15) is 0 Å². The minimum atomic E-state index is -0.572. The van der Waals surface area contributed by atoms with Crippen LogP contribution in [0.2, 0.25) is 0 Å². The van der Waals surface area contributed by atoms with E-state index in [1.54, 1.807) is 6.07 Å². The number of carbonyl (C=O) groups is 2. The van der Waals surface area contributed by atoms with Crippen LogP contribution in [0.4, 0.5) is 0 Å². The molecule has 14 heavy (non-hydrogen) atoms. The van der Waals surface area contributed by atoms with Gasteiger partial charge in [0, 0.05) is 12.0 Å². The first-order valence-electron chi connectivity index (χ1n) is 4.56. The summed E-state index contributed by atoms with van der Waals surface area (Å²) >= 11 is 0. The fourth-order valence-corrected chi connectivity index (χ4v) is 1.83. The molecule has 0 saturated carbocycles. The molecule has 1 amide bonds. The fourth-order valence-electron chi connectivity index (χ4n) is 1.83. The van der Waals surface area contributed by atoms with Crippen molar-refractivity contribution in [2.75, 3.05) is 0 Å². The SMILES string of the molecule is NC(=O)c1[c]ccc2c1C(=O)CCC2. The molecule has 1 radical (unpaired) electrons. The van der Waals surface area contributed by atoms with E-state index in [-0.39, 0.29) is 11.3 Å². The molecular formula is C11H10NO2. The van der Waals surface area contributed by atoms with Crippen LogP contribution in [0.15, 0.2) is 12.1 Å². The average Bonchev–Trinajstić information content (AvgIpc) is 2.17. The average molecular weight is 188 g/mol. The number of hydrogen-bond donors (Lipinski definition) is 1. The van der Waals surface area contributed by atoms with Crippen LogP contribution in [-0.4, -0.2) is 11.7 Å². The number of hydrogen-bond acceptors (Lipinski definition) is 2. The third-order valence-corrected chi connectivity index (χ3v) is 2.46. The van der Waals surface area contributed by atoms with Crippen LogP contribution < -0.4 is 5.73 Å². The Hall–Kier alpha value is -1.64. The summed E-state index contributed by atoms with van der Waals surface area (Å²) in [5.41, 5.74) is 6.84. The van der Waals surface area contributed by atoms with Crippen LogP contribution in [0.3, 0.4) is 0 Å². The minimum Gasteiger partial charge on any atom is -0.366 e. The lowest BCUT2D eigenvalue weighted by Crippen LogP contribution is -2.20. The van der Waals surface area contributed by atoms with Gasteiger partial charge in [0.25, 0.3) is 0 Å².